The summed E-state index contributed by atoms with van der Waals surface area (Å²) in [6.45, 7) is 0. The van der Waals surface area contributed by atoms with Gasteiger partial charge in [-0.1, -0.05) is 97.1 Å². The second-order valence-corrected chi connectivity index (χ2v) is 8.04. The predicted octanol–water partition coefficient (Wildman–Crippen LogP) is 7.05. The van der Waals surface area contributed by atoms with Gasteiger partial charge in [0.15, 0.2) is 11.6 Å². The molecular weight excluding hydrogens is 392 g/mol. The van der Waals surface area contributed by atoms with Gasteiger partial charge in [0.2, 0.25) is 0 Å². The molecule has 0 aliphatic heterocycles. The third-order valence-electron chi connectivity index (χ3n) is 6.23. The van der Waals surface area contributed by atoms with Crippen molar-refractivity contribution >= 4 is 43.9 Å². The Morgan fingerprint density at radius 1 is 0.406 bits per heavy atom. The second-order valence-electron chi connectivity index (χ2n) is 8.04. The van der Waals surface area contributed by atoms with Gasteiger partial charge in [0.25, 0.3) is 0 Å². The molecule has 32 heavy (non-hydrogen) atoms. The highest BCUT2D eigenvalue weighted by molar-refractivity contribution is 6.31. The standard InChI is InChI=1S/C30H18O2/c31-29(21-7-3-1-4-8-21)25-15-13-19-11-12-20-14-16-26(30(32)22-9-5-2-6-10-22)24-18-17-23(25)27(19)28(20)24/h1-18H. The molecular formula is C30H18O2. The zero-order valence-electron chi connectivity index (χ0n) is 17.2. The Morgan fingerprint density at radius 3 is 1.19 bits per heavy atom. The lowest BCUT2D eigenvalue weighted by Crippen LogP contribution is -2.04. The van der Waals surface area contributed by atoms with Crippen molar-refractivity contribution in [3.63, 3.8) is 0 Å². The highest BCUT2D eigenvalue weighted by Gasteiger charge is 2.19. The predicted molar refractivity (Wildman–Crippen MR) is 130 cm³/mol. The van der Waals surface area contributed by atoms with Crippen LogP contribution >= 0.6 is 0 Å². The van der Waals surface area contributed by atoms with E-state index in [1.807, 2.05) is 97.1 Å². The minimum Gasteiger partial charge on any atom is -0.289 e. The highest BCUT2D eigenvalue weighted by Crippen LogP contribution is 2.38. The first-order valence-electron chi connectivity index (χ1n) is 10.6. The van der Waals surface area contributed by atoms with Crippen LogP contribution in [0.25, 0.3) is 32.3 Å². The molecule has 0 unspecified atom stereocenters. The third-order valence-corrected chi connectivity index (χ3v) is 6.23. The van der Waals surface area contributed by atoms with E-state index >= 15 is 0 Å². The quantitative estimate of drug-likeness (QED) is 0.231. The minimum atomic E-state index is 0.00381. The molecule has 6 aromatic carbocycles. The Bertz CT molecular complexity index is 1510. The van der Waals surface area contributed by atoms with Gasteiger partial charge in [-0.25, -0.2) is 0 Å². The summed E-state index contributed by atoms with van der Waals surface area (Å²) in [6.07, 6.45) is 0. The molecule has 0 saturated heterocycles. The van der Waals surface area contributed by atoms with E-state index < -0.39 is 0 Å². The van der Waals surface area contributed by atoms with Crippen LogP contribution in [0.4, 0.5) is 0 Å². The van der Waals surface area contributed by atoms with Crippen molar-refractivity contribution in [2.45, 2.75) is 0 Å². The molecule has 6 rings (SSSR count). The average Bonchev–Trinajstić information content (AvgIpc) is 2.87. The molecule has 0 N–H and O–H groups in total. The summed E-state index contributed by atoms with van der Waals surface area (Å²) in [4.78, 5) is 26.6. The van der Waals surface area contributed by atoms with Crippen LogP contribution in [0.2, 0.25) is 0 Å². The molecule has 0 fully saturated rings. The molecule has 0 bridgehead atoms. The average molecular weight is 410 g/mol. The van der Waals surface area contributed by atoms with Crippen LogP contribution in [0, 0.1) is 0 Å². The Kier molecular flexibility index (Phi) is 4.12. The maximum atomic E-state index is 13.3. The molecule has 0 aliphatic rings. The fourth-order valence-corrected chi connectivity index (χ4v) is 4.69. The Labute approximate surface area is 185 Å². The summed E-state index contributed by atoms with van der Waals surface area (Å²) in [5, 5.41) is 6.02. The van der Waals surface area contributed by atoms with Crippen molar-refractivity contribution in [1.82, 2.24) is 0 Å². The lowest BCUT2D eigenvalue weighted by molar-refractivity contribution is 0.103. The number of rotatable bonds is 4. The Balaban J connectivity index is 1.64. The van der Waals surface area contributed by atoms with Crippen LogP contribution in [0.1, 0.15) is 31.8 Å². The number of hydrogen-bond donors (Lipinski definition) is 0. The van der Waals surface area contributed by atoms with Gasteiger partial charge in [-0.3, -0.25) is 9.59 Å². The lowest BCUT2D eigenvalue weighted by Gasteiger charge is -2.15. The Morgan fingerprint density at radius 2 is 0.781 bits per heavy atom. The third kappa shape index (κ3) is 2.74. The SMILES string of the molecule is O=C(c1ccccc1)c1ccc2ccc3ccc(C(=O)c4ccccc4)c4ccc1c2c34. The van der Waals surface area contributed by atoms with Crippen LogP contribution < -0.4 is 0 Å². The number of carbonyl (C=O) groups is 2. The molecule has 0 spiro atoms. The number of carbonyl (C=O) groups excluding carboxylic acids is 2. The normalized spacial score (nSPS) is 11.4. The summed E-state index contributed by atoms with van der Waals surface area (Å²) in [5.41, 5.74) is 2.70. The van der Waals surface area contributed by atoms with Crippen molar-refractivity contribution in [2.24, 2.45) is 0 Å². The van der Waals surface area contributed by atoms with Crippen molar-refractivity contribution in [3.05, 3.63) is 131 Å². The maximum absolute atomic E-state index is 13.3. The van der Waals surface area contributed by atoms with Crippen LogP contribution in [-0.4, -0.2) is 11.6 Å². The van der Waals surface area contributed by atoms with Gasteiger partial charge >= 0.3 is 0 Å². The first-order chi connectivity index (χ1) is 15.7. The van der Waals surface area contributed by atoms with Gasteiger partial charge in [0, 0.05) is 22.3 Å². The van der Waals surface area contributed by atoms with E-state index in [1.165, 1.54) is 0 Å². The zero-order chi connectivity index (χ0) is 21.7. The summed E-state index contributed by atoms with van der Waals surface area (Å²) in [5.74, 6) is 0.00763. The first kappa shape index (κ1) is 18.5. The largest absolute Gasteiger partial charge is 0.289 e. The van der Waals surface area contributed by atoms with E-state index in [1.54, 1.807) is 0 Å². The van der Waals surface area contributed by atoms with Gasteiger partial charge in [0.05, 0.1) is 0 Å². The Hall–Kier alpha value is -4.30. The number of hydrogen-bond acceptors (Lipinski definition) is 2. The van der Waals surface area contributed by atoms with Crippen LogP contribution in [0.5, 0.6) is 0 Å². The van der Waals surface area contributed by atoms with Crippen LogP contribution in [-0.2, 0) is 0 Å². The van der Waals surface area contributed by atoms with E-state index in [2.05, 4.69) is 12.1 Å². The maximum Gasteiger partial charge on any atom is 0.193 e. The minimum absolute atomic E-state index is 0.00381. The summed E-state index contributed by atoms with van der Waals surface area (Å²) >= 11 is 0. The van der Waals surface area contributed by atoms with E-state index in [0.29, 0.717) is 22.3 Å². The summed E-state index contributed by atoms with van der Waals surface area (Å²) in [6, 6.07) is 34.7. The lowest BCUT2D eigenvalue weighted by atomic mass is 9.87. The van der Waals surface area contributed by atoms with Gasteiger partial charge in [0.1, 0.15) is 0 Å². The molecule has 2 heteroatoms. The molecule has 6 aromatic rings. The number of ketones is 2. The summed E-state index contributed by atoms with van der Waals surface area (Å²) < 4.78 is 0. The monoisotopic (exact) mass is 410 g/mol. The molecule has 0 amide bonds. The van der Waals surface area contributed by atoms with Gasteiger partial charge in [-0.15, -0.1) is 0 Å². The topological polar surface area (TPSA) is 34.1 Å². The molecule has 0 radical (unpaired) electrons. The highest BCUT2D eigenvalue weighted by atomic mass is 16.1. The molecule has 0 aromatic heterocycles. The second kappa shape index (κ2) is 7.14. The van der Waals surface area contributed by atoms with Crippen molar-refractivity contribution < 1.29 is 9.59 Å². The zero-order valence-corrected chi connectivity index (χ0v) is 17.2. The van der Waals surface area contributed by atoms with Crippen molar-refractivity contribution in [1.29, 1.82) is 0 Å². The summed E-state index contributed by atoms with van der Waals surface area (Å²) in [7, 11) is 0. The fourth-order valence-electron chi connectivity index (χ4n) is 4.69. The van der Waals surface area contributed by atoms with Crippen molar-refractivity contribution in [3.8, 4) is 0 Å². The molecule has 0 atom stereocenters. The molecule has 0 aliphatic carbocycles. The van der Waals surface area contributed by atoms with Crippen LogP contribution in [0.15, 0.2) is 109 Å². The fraction of sp³-hybridized carbons (Fsp3) is 0. The van der Waals surface area contributed by atoms with E-state index in [4.69, 9.17) is 0 Å². The molecule has 0 saturated carbocycles. The van der Waals surface area contributed by atoms with E-state index in [0.717, 1.165) is 32.3 Å². The molecule has 0 heterocycles. The van der Waals surface area contributed by atoms with Gasteiger partial charge in [-0.2, -0.15) is 0 Å². The van der Waals surface area contributed by atoms with Gasteiger partial charge in [-0.05, 0) is 44.5 Å². The molecule has 150 valence electrons. The number of benzene rings is 6. The van der Waals surface area contributed by atoms with E-state index in [-0.39, 0.29) is 11.6 Å². The van der Waals surface area contributed by atoms with Gasteiger partial charge < -0.3 is 0 Å². The molecule has 2 nitrogen and oxygen atoms in total. The van der Waals surface area contributed by atoms with E-state index in [9.17, 15) is 9.59 Å². The van der Waals surface area contributed by atoms with Crippen molar-refractivity contribution in [2.75, 3.05) is 0 Å². The smallest absolute Gasteiger partial charge is 0.193 e. The first-order valence-corrected chi connectivity index (χ1v) is 10.6. The van der Waals surface area contributed by atoms with Crippen LogP contribution in [0.3, 0.4) is 0 Å².